The van der Waals surface area contributed by atoms with Crippen molar-refractivity contribution in [3.8, 4) is 11.5 Å². The van der Waals surface area contributed by atoms with E-state index < -0.39 is 0 Å². The Labute approximate surface area is 135 Å². The maximum Gasteiger partial charge on any atom is 0.233 e. The first kappa shape index (κ1) is 16.6. The molecule has 0 unspecified atom stereocenters. The fraction of sp³-hybridized carbons (Fsp3) is 0.400. The molecule has 8 nitrogen and oxygen atoms in total. The molecule has 2 aromatic rings. The number of ether oxygens (including phenoxy) is 2. The summed E-state index contributed by atoms with van der Waals surface area (Å²) >= 11 is 0. The van der Waals surface area contributed by atoms with Crippen molar-refractivity contribution in [1.29, 1.82) is 0 Å². The summed E-state index contributed by atoms with van der Waals surface area (Å²) in [5.74, 6) is 2.80. The van der Waals surface area contributed by atoms with Gasteiger partial charge in [-0.25, -0.2) is 0 Å². The van der Waals surface area contributed by atoms with Crippen LogP contribution in [0, 0.1) is 0 Å². The molecule has 0 aliphatic rings. The molecule has 0 aliphatic carbocycles. The Morgan fingerprint density at radius 1 is 0.870 bits per heavy atom. The van der Waals surface area contributed by atoms with Gasteiger partial charge in [-0.05, 0) is 26.0 Å². The first-order chi connectivity index (χ1) is 11.2. The van der Waals surface area contributed by atoms with Crippen molar-refractivity contribution in [2.75, 3.05) is 43.3 Å². The molecule has 3 N–H and O–H groups in total. The molecule has 0 atom stereocenters. The van der Waals surface area contributed by atoms with Gasteiger partial charge in [-0.1, -0.05) is 0 Å². The molecule has 0 aliphatic heterocycles. The van der Waals surface area contributed by atoms with Crippen LogP contribution in [0.2, 0.25) is 0 Å². The van der Waals surface area contributed by atoms with Crippen molar-refractivity contribution >= 4 is 23.5 Å². The summed E-state index contributed by atoms with van der Waals surface area (Å²) in [4.78, 5) is 13.0. The summed E-state index contributed by atoms with van der Waals surface area (Å²) in [5.41, 5.74) is 0.711. The van der Waals surface area contributed by atoms with Crippen LogP contribution in [-0.2, 0) is 0 Å². The second-order valence-corrected chi connectivity index (χ2v) is 4.56. The molecular weight excluding hydrogens is 296 g/mol. The van der Waals surface area contributed by atoms with Crippen LogP contribution in [0.3, 0.4) is 0 Å². The van der Waals surface area contributed by atoms with Crippen molar-refractivity contribution < 1.29 is 9.47 Å². The Kier molecular flexibility index (Phi) is 5.79. The van der Waals surface area contributed by atoms with E-state index in [1.165, 1.54) is 0 Å². The molecule has 23 heavy (non-hydrogen) atoms. The Bertz CT molecular complexity index is 626. The monoisotopic (exact) mass is 318 g/mol. The third-order valence-electron chi connectivity index (χ3n) is 2.96. The number of nitrogens with one attached hydrogen (secondary N) is 3. The van der Waals surface area contributed by atoms with E-state index in [0.29, 0.717) is 35.0 Å². The van der Waals surface area contributed by atoms with Crippen LogP contribution < -0.4 is 25.4 Å². The highest BCUT2D eigenvalue weighted by Gasteiger charge is 2.10. The molecular formula is C15H22N6O2. The molecule has 0 fully saturated rings. The lowest BCUT2D eigenvalue weighted by Crippen LogP contribution is -2.11. The maximum atomic E-state index is 5.35. The Morgan fingerprint density at radius 3 is 2.00 bits per heavy atom. The zero-order chi connectivity index (χ0) is 16.7. The van der Waals surface area contributed by atoms with Gasteiger partial charge in [0.2, 0.25) is 17.8 Å². The normalized spacial score (nSPS) is 10.1. The summed E-state index contributed by atoms with van der Waals surface area (Å²) in [5, 5.41) is 9.32. The summed E-state index contributed by atoms with van der Waals surface area (Å²) < 4.78 is 10.6. The third-order valence-corrected chi connectivity index (χ3v) is 2.96. The van der Waals surface area contributed by atoms with Gasteiger partial charge < -0.3 is 25.4 Å². The lowest BCUT2D eigenvalue weighted by atomic mass is 10.2. The van der Waals surface area contributed by atoms with Crippen LogP contribution in [0.1, 0.15) is 13.8 Å². The van der Waals surface area contributed by atoms with Crippen LogP contribution in [0.15, 0.2) is 18.2 Å². The molecule has 0 bridgehead atoms. The molecule has 0 saturated heterocycles. The van der Waals surface area contributed by atoms with Crippen molar-refractivity contribution in [3.05, 3.63) is 18.2 Å². The number of nitrogens with zero attached hydrogens (tertiary/aromatic N) is 3. The van der Waals surface area contributed by atoms with E-state index in [-0.39, 0.29) is 0 Å². The van der Waals surface area contributed by atoms with E-state index >= 15 is 0 Å². The molecule has 0 spiro atoms. The van der Waals surface area contributed by atoms with Gasteiger partial charge >= 0.3 is 0 Å². The maximum absolute atomic E-state index is 5.35. The lowest BCUT2D eigenvalue weighted by molar-refractivity contribution is 0.405. The van der Waals surface area contributed by atoms with Crippen LogP contribution in [0.5, 0.6) is 11.5 Å². The molecule has 8 heteroatoms. The molecule has 124 valence electrons. The van der Waals surface area contributed by atoms with E-state index in [0.717, 1.165) is 13.1 Å². The highest BCUT2D eigenvalue weighted by molar-refractivity contribution is 5.65. The molecule has 1 heterocycles. The molecule has 0 saturated carbocycles. The average Bonchev–Trinajstić information content (AvgIpc) is 2.55. The smallest absolute Gasteiger partial charge is 0.233 e. The summed E-state index contributed by atoms with van der Waals surface area (Å²) in [6.45, 7) is 5.40. The summed E-state index contributed by atoms with van der Waals surface area (Å²) in [6.07, 6.45) is 0. The zero-order valence-corrected chi connectivity index (χ0v) is 13.8. The summed E-state index contributed by atoms with van der Waals surface area (Å²) in [6, 6.07) is 5.47. The largest absolute Gasteiger partial charge is 0.497 e. The van der Waals surface area contributed by atoms with Gasteiger partial charge in [-0.3, -0.25) is 0 Å². The highest BCUT2D eigenvalue weighted by Crippen LogP contribution is 2.30. The standard InChI is InChI=1S/C15H22N6O2/c1-5-16-13-19-14(17-6-2)21-15(20-13)18-11-9-10(22-3)7-8-12(11)23-4/h7-9H,5-6H2,1-4H3,(H3,16,17,18,19,20,21). The molecule has 1 aromatic carbocycles. The van der Waals surface area contributed by atoms with Gasteiger partial charge in [0.1, 0.15) is 11.5 Å². The fourth-order valence-corrected chi connectivity index (χ4v) is 1.94. The number of rotatable bonds is 8. The van der Waals surface area contributed by atoms with Crippen molar-refractivity contribution in [3.63, 3.8) is 0 Å². The number of methoxy groups -OCH3 is 2. The Morgan fingerprint density at radius 2 is 1.48 bits per heavy atom. The predicted molar refractivity (Wildman–Crippen MR) is 91.0 cm³/mol. The summed E-state index contributed by atoms with van der Waals surface area (Å²) in [7, 11) is 3.22. The van der Waals surface area contributed by atoms with E-state index in [2.05, 4.69) is 30.9 Å². The Balaban J connectivity index is 2.34. The molecule has 1 aromatic heterocycles. The van der Waals surface area contributed by atoms with E-state index in [9.17, 15) is 0 Å². The SMILES string of the molecule is CCNc1nc(NCC)nc(Nc2cc(OC)ccc2OC)n1. The minimum atomic E-state index is 0.415. The number of hydrogen-bond donors (Lipinski definition) is 3. The van der Waals surface area contributed by atoms with Crippen LogP contribution in [0.4, 0.5) is 23.5 Å². The van der Waals surface area contributed by atoms with Gasteiger partial charge in [-0.2, -0.15) is 15.0 Å². The number of hydrogen-bond acceptors (Lipinski definition) is 8. The number of anilines is 4. The van der Waals surface area contributed by atoms with Gasteiger partial charge in [-0.15, -0.1) is 0 Å². The minimum Gasteiger partial charge on any atom is -0.497 e. The molecule has 0 radical (unpaired) electrons. The van der Waals surface area contributed by atoms with E-state index in [4.69, 9.17) is 9.47 Å². The minimum absolute atomic E-state index is 0.415. The van der Waals surface area contributed by atoms with E-state index in [1.54, 1.807) is 14.2 Å². The van der Waals surface area contributed by atoms with Gasteiger partial charge in [0.05, 0.1) is 19.9 Å². The second kappa shape index (κ2) is 8.02. The lowest BCUT2D eigenvalue weighted by Gasteiger charge is -2.13. The van der Waals surface area contributed by atoms with Gasteiger partial charge in [0.25, 0.3) is 0 Å². The van der Waals surface area contributed by atoms with Crippen LogP contribution >= 0.6 is 0 Å². The topological polar surface area (TPSA) is 93.2 Å². The van der Waals surface area contributed by atoms with Gasteiger partial charge in [0, 0.05) is 19.2 Å². The average molecular weight is 318 g/mol. The Hall–Kier alpha value is -2.77. The van der Waals surface area contributed by atoms with Crippen molar-refractivity contribution in [1.82, 2.24) is 15.0 Å². The van der Waals surface area contributed by atoms with Crippen molar-refractivity contribution in [2.24, 2.45) is 0 Å². The molecule has 2 rings (SSSR count). The number of benzene rings is 1. The highest BCUT2D eigenvalue weighted by atomic mass is 16.5. The van der Waals surface area contributed by atoms with Crippen LogP contribution in [0.25, 0.3) is 0 Å². The quantitative estimate of drug-likeness (QED) is 0.683. The third kappa shape index (κ3) is 4.35. The van der Waals surface area contributed by atoms with E-state index in [1.807, 2.05) is 32.0 Å². The first-order valence-corrected chi connectivity index (χ1v) is 7.43. The van der Waals surface area contributed by atoms with Crippen LogP contribution in [-0.4, -0.2) is 42.3 Å². The predicted octanol–water partition coefficient (Wildman–Crippen LogP) is 2.50. The first-order valence-electron chi connectivity index (χ1n) is 7.43. The van der Waals surface area contributed by atoms with Crippen molar-refractivity contribution in [2.45, 2.75) is 13.8 Å². The second-order valence-electron chi connectivity index (χ2n) is 4.56. The number of aromatic nitrogens is 3. The molecule has 0 amide bonds. The van der Waals surface area contributed by atoms with Gasteiger partial charge in [0.15, 0.2) is 0 Å². The zero-order valence-electron chi connectivity index (χ0n) is 13.8. The fourth-order valence-electron chi connectivity index (χ4n) is 1.94.